The quantitative estimate of drug-likeness (QED) is 0.841. The molecule has 0 aromatic heterocycles. The van der Waals surface area contributed by atoms with E-state index in [1.54, 1.807) is 0 Å². The van der Waals surface area contributed by atoms with E-state index < -0.39 is 0 Å². The molecule has 1 aliphatic carbocycles. The Morgan fingerprint density at radius 3 is 2.81 bits per heavy atom. The molecule has 108 valence electrons. The number of nitrogens with one attached hydrogen (secondary N) is 1. The molecule has 0 bridgehead atoms. The van der Waals surface area contributed by atoms with Gasteiger partial charge in [-0.05, 0) is 42.0 Å². The van der Waals surface area contributed by atoms with Crippen molar-refractivity contribution in [3.05, 3.63) is 71.3 Å². The normalized spacial score (nSPS) is 17.8. The number of fused-ring (bicyclic) bond motifs is 1. The molecule has 0 amide bonds. The average molecular weight is 278 g/mol. The van der Waals surface area contributed by atoms with E-state index in [1.165, 1.54) is 23.1 Å². The lowest BCUT2D eigenvalue weighted by molar-refractivity contribution is 0.480. The van der Waals surface area contributed by atoms with Crippen LogP contribution < -0.4 is 11.1 Å². The van der Waals surface area contributed by atoms with Gasteiger partial charge >= 0.3 is 0 Å². The summed E-state index contributed by atoms with van der Waals surface area (Å²) >= 11 is 0. The molecule has 21 heavy (non-hydrogen) atoms. The lowest BCUT2D eigenvalue weighted by Crippen LogP contribution is -2.34. The first-order valence-electron chi connectivity index (χ1n) is 7.64. The Kier molecular flexibility index (Phi) is 4.37. The molecule has 2 aromatic carbocycles. The summed E-state index contributed by atoms with van der Waals surface area (Å²) in [6, 6.07) is 17.2. The van der Waals surface area contributed by atoms with Crippen LogP contribution >= 0.6 is 0 Å². The maximum Gasteiger partial charge on any atom is 0.0349 e. The van der Waals surface area contributed by atoms with Gasteiger partial charge in [0.15, 0.2) is 0 Å². The van der Waals surface area contributed by atoms with Gasteiger partial charge in [0.1, 0.15) is 0 Å². The van der Waals surface area contributed by atoms with Gasteiger partial charge in [-0.2, -0.15) is 0 Å². The van der Waals surface area contributed by atoms with Crippen molar-refractivity contribution >= 4 is 11.8 Å². The summed E-state index contributed by atoms with van der Waals surface area (Å²) in [6.45, 7) is 0.914. The molecular weight excluding hydrogens is 256 g/mol. The van der Waals surface area contributed by atoms with Crippen LogP contribution in [0.5, 0.6) is 0 Å². The van der Waals surface area contributed by atoms with Gasteiger partial charge in [0.05, 0.1) is 0 Å². The van der Waals surface area contributed by atoms with E-state index in [-0.39, 0.29) is 0 Å². The number of nitrogens with two attached hydrogens (primary N) is 1. The molecule has 2 aromatic rings. The van der Waals surface area contributed by atoms with Crippen LogP contribution in [-0.2, 0) is 12.8 Å². The largest absolute Gasteiger partial charge is 0.398 e. The third-order valence-electron chi connectivity index (χ3n) is 4.15. The summed E-state index contributed by atoms with van der Waals surface area (Å²) in [5.41, 5.74) is 11.0. The lowest BCUT2D eigenvalue weighted by atomic mass is 9.87. The molecule has 0 aliphatic heterocycles. The minimum absolute atomic E-state index is 0.555. The molecule has 0 radical (unpaired) electrons. The Morgan fingerprint density at radius 2 is 1.95 bits per heavy atom. The highest BCUT2D eigenvalue weighted by molar-refractivity contribution is 5.52. The summed E-state index contributed by atoms with van der Waals surface area (Å²) in [7, 11) is 0. The number of hydrogen-bond acceptors (Lipinski definition) is 2. The number of rotatable bonds is 4. The Bertz CT molecular complexity index is 617. The number of anilines is 1. The monoisotopic (exact) mass is 278 g/mol. The summed E-state index contributed by atoms with van der Waals surface area (Å²) < 4.78 is 0. The van der Waals surface area contributed by atoms with Crippen molar-refractivity contribution in [1.82, 2.24) is 5.32 Å². The molecule has 0 saturated heterocycles. The van der Waals surface area contributed by atoms with Crippen molar-refractivity contribution in [2.75, 3.05) is 12.3 Å². The van der Waals surface area contributed by atoms with Crippen molar-refractivity contribution in [3.63, 3.8) is 0 Å². The molecule has 2 heteroatoms. The molecule has 1 aliphatic rings. The highest BCUT2D eigenvalue weighted by Crippen LogP contribution is 2.26. The van der Waals surface area contributed by atoms with Crippen LogP contribution in [0.4, 0.5) is 5.69 Å². The summed E-state index contributed by atoms with van der Waals surface area (Å²) in [4.78, 5) is 0. The highest BCUT2D eigenvalue weighted by Gasteiger charge is 2.18. The number of nitrogen functional groups attached to an aromatic ring is 1. The van der Waals surface area contributed by atoms with Crippen LogP contribution in [0.3, 0.4) is 0 Å². The van der Waals surface area contributed by atoms with E-state index >= 15 is 0 Å². The molecule has 1 atom stereocenters. The summed E-state index contributed by atoms with van der Waals surface area (Å²) in [5, 5.41) is 3.62. The smallest absolute Gasteiger partial charge is 0.0349 e. The molecule has 0 saturated carbocycles. The lowest BCUT2D eigenvalue weighted by Gasteiger charge is -2.26. The molecule has 1 unspecified atom stereocenters. The fourth-order valence-electron chi connectivity index (χ4n) is 3.00. The van der Waals surface area contributed by atoms with E-state index in [2.05, 4.69) is 53.9 Å². The van der Waals surface area contributed by atoms with Crippen LogP contribution in [0.15, 0.2) is 54.6 Å². The third kappa shape index (κ3) is 3.53. The first kappa shape index (κ1) is 13.9. The average Bonchev–Trinajstić information content (AvgIpc) is 2.53. The zero-order valence-electron chi connectivity index (χ0n) is 12.3. The van der Waals surface area contributed by atoms with Gasteiger partial charge in [0, 0.05) is 18.3 Å². The van der Waals surface area contributed by atoms with Crippen LogP contribution in [0.25, 0.3) is 6.08 Å². The number of hydrogen-bond donors (Lipinski definition) is 2. The van der Waals surface area contributed by atoms with Crippen LogP contribution in [-0.4, -0.2) is 12.6 Å². The van der Waals surface area contributed by atoms with Crippen molar-refractivity contribution in [2.45, 2.75) is 25.3 Å². The molecule has 0 heterocycles. The predicted molar refractivity (Wildman–Crippen MR) is 90.1 cm³/mol. The molecule has 0 fully saturated rings. The Balaban J connectivity index is 1.52. The van der Waals surface area contributed by atoms with E-state index in [0.29, 0.717) is 6.04 Å². The zero-order chi connectivity index (χ0) is 14.5. The second-order valence-electron chi connectivity index (χ2n) is 5.65. The van der Waals surface area contributed by atoms with E-state index in [0.717, 1.165) is 25.1 Å². The summed E-state index contributed by atoms with van der Waals surface area (Å²) in [6.07, 6.45) is 7.70. The maximum absolute atomic E-state index is 6.04. The topological polar surface area (TPSA) is 38.0 Å². The third-order valence-corrected chi connectivity index (χ3v) is 4.15. The van der Waals surface area contributed by atoms with Crippen molar-refractivity contribution in [2.24, 2.45) is 0 Å². The predicted octanol–water partition coefficient (Wildman–Crippen LogP) is 3.43. The van der Waals surface area contributed by atoms with Crippen molar-refractivity contribution in [3.8, 4) is 0 Å². The number of benzene rings is 2. The highest BCUT2D eigenvalue weighted by atomic mass is 14.9. The van der Waals surface area contributed by atoms with E-state index in [9.17, 15) is 0 Å². The first-order valence-corrected chi connectivity index (χ1v) is 7.64. The molecule has 2 nitrogen and oxygen atoms in total. The Morgan fingerprint density at radius 1 is 1.10 bits per heavy atom. The van der Waals surface area contributed by atoms with Gasteiger partial charge in [-0.3, -0.25) is 0 Å². The van der Waals surface area contributed by atoms with Gasteiger partial charge in [0.25, 0.3) is 0 Å². The van der Waals surface area contributed by atoms with Gasteiger partial charge in [-0.1, -0.05) is 54.6 Å². The fourth-order valence-corrected chi connectivity index (χ4v) is 3.00. The SMILES string of the molecule is Nc1cccc2c1CCC(NC/C=C\c1ccccc1)C2. The summed E-state index contributed by atoms with van der Waals surface area (Å²) in [5.74, 6) is 0. The van der Waals surface area contributed by atoms with Crippen molar-refractivity contribution in [1.29, 1.82) is 0 Å². The second-order valence-corrected chi connectivity index (χ2v) is 5.65. The van der Waals surface area contributed by atoms with Crippen molar-refractivity contribution < 1.29 is 0 Å². The van der Waals surface area contributed by atoms with Gasteiger partial charge < -0.3 is 11.1 Å². The molecular formula is C19H22N2. The maximum atomic E-state index is 6.04. The van der Waals surface area contributed by atoms with Crippen LogP contribution in [0.1, 0.15) is 23.1 Å². The first-order chi connectivity index (χ1) is 10.3. The van der Waals surface area contributed by atoms with Crippen LogP contribution in [0, 0.1) is 0 Å². The van der Waals surface area contributed by atoms with E-state index in [4.69, 9.17) is 5.73 Å². The van der Waals surface area contributed by atoms with Crippen LogP contribution in [0.2, 0.25) is 0 Å². The fraction of sp³-hybridized carbons (Fsp3) is 0.263. The van der Waals surface area contributed by atoms with Gasteiger partial charge in [-0.15, -0.1) is 0 Å². The molecule has 3 rings (SSSR count). The standard InChI is InChI=1S/C19H22N2/c20-19-10-4-9-16-14-17(11-12-18(16)19)21-13-5-8-15-6-2-1-3-7-15/h1-10,17,21H,11-14,20H2/b8-5-. The van der Waals surface area contributed by atoms with Gasteiger partial charge in [-0.25, -0.2) is 0 Å². The van der Waals surface area contributed by atoms with E-state index in [1.807, 2.05) is 12.1 Å². The zero-order valence-corrected chi connectivity index (χ0v) is 12.3. The Labute approximate surface area is 126 Å². The second kappa shape index (κ2) is 6.59. The Hall–Kier alpha value is -2.06. The minimum Gasteiger partial charge on any atom is -0.398 e. The van der Waals surface area contributed by atoms with Gasteiger partial charge in [0.2, 0.25) is 0 Å². The molecule has 0 spiro atoms. The molecule has 3 N–H and O–H groups in total. The minimum atomic E-state index is 0.555.